The van der Waals surface area contributed by atoms with E-state index in [9.17, 15) is 18.4 Å². The van der Waals surface area contributed by atoms with Crippen LogP contribution in [0.25, 0.3) is 0 Å². The van der Waals surface area contributed by atoms with Gasteiger partial charge in [-0.15, -0.1) is 0 Å². The van der Waals surface area contributed by atoms with Crippen LogP contribution >= 0.6 is 0 Å². The van der Waals surface area contributed by atoms with Gasteiger partial charge in [-0.2, -0.15) is 0 Å². The van der Waals surface area contributed by atoms with Gasteiger partial charge in [0.05, 0.1) is 0 Å². The van der Waals surface area contributed by atoms with Gasteiger partial charge < -0.3 is 10.0 Å². The number of rotatable bonds is 5. The molecule has 1 aliphatic carbocycles. The third kappa shape index (κ3) is 3.57. The molecule has 24 heavy (non-hydrogen) atoms. The van der Waals surface area contributed by atoms with E-state index in [1.54, 1.807) is 4.90 Å². The highest BCUT2D eigenvalue weighted by Gasteiger charge is 2.48. The molecule has 1 aromatic rings. The normalized spacial score (nSPS) is 26.2. The van der Waals surface area contributed by atoms with Crippen molar-refractivity contribution in [2.45, 2.75) is 50.5 Å². The largest absolute Gasteiger partial charge is 0.481 e. The second-order valence-corrected chi connectivity index (χ2v) is 6.73. The van der Waals surface area contributed by atoms with Crippen molar-refractivity contribution in [3.63, 3.8) is 0 Å². The molecule has 4 nitrogen and oxygen atoms in total. The lowest BCUT2D eigenvalue weighted by Crippen LogP contribution is -2.44. The third-order valence-corrected chi connectivity index (χ3v) is 5.07. The Labute approximate surface area is 139 Å². The van der Waals surface area contributed by atoms with E-state index < -0.39 is 17.6 Å². The molecule has 0 radical (unpaired) electrons. The van der Waals surface area contributed by atoms with E-state index in [1.807, 2.05) is 0 Å². The Morgan fingerprint density at radius 2 is 2.04 bits per heavy atom. The first-order chi connectivity index (χ1) is 11.5. The minimum Gasteiger partial charge on any atom is -0.481 e. The molecule has 1 N–H and O–H groups in total. The smallest absolute Gasteiger partial charge is 0.303 e. The van der Waals surface area contributed by atoms with Crippen molar-refractivity contribution >= 4 is 11.9 Å². The van der Waals surface area contributed by atoms with E-state index in [0.717, 1.165) is 31.4 Å². The first kappa shape index (κ1) is 16.9. The number of aliphatic carboxylic acids is 1. The minimum absolute atomic E-state index is 0.0427. The maximum Gasteiger partial charge on any atom is 0.303 e. The minimum atomic E-state index is -0.862. The zero-order valence-corrected chi connectivity index (χ0v) is 13.4. The van der Waals surface area contributed by atoms with Crippen molar-refractivity contribution in [1.29, 1.82) is 0 Å². The molecule has 2 fully saturated rings. The molecule has 6 heteroatoms. The Morgan fingerprint density at radius 3 is 2.79 bits per heavy atom. The molecule has 2 aliphatic rings. The number of nitrogens with zero attached hydrogens (tertiary/aromatic N) is 1. The van der Waals surface area contributed by atoms with Crippen molar-refractivity contribution in [3.8, 4) is 0 Å². The number of carbonyl (C=O) groups excluding carboxylic acids is 1. The Balaban J connectivity index is 1.67. The van der Waals surface area contributed by atoms with E-state index in [-0.39, 0.29) is 35.8 Å². The number of piperidine rings is 1. The van der Waals surface area contributed by atoms with Crippen LogP contribution in [0.5, 0.6) is 0 Å². The summed E-state index contributed by atoms with van der Waals surface area (Å²) in [5.41, 5.74) is 0.271. The number of halogens is 2. The van der Waals surface area contributed by atoms with Crippen molar-refractivity contribution < 1.29 is 23.5 Å². The molecule has 1 saturated heterocycles. The standard InChI is InChI=1S/C18H21F2NO3/c19-11-4-6-16(20)14(9-11)13-10-15(13)18(24)21-8-2-1-3-12(21)5-7-17(22)23/h4,6,9,12-13,15H,1-3,5,7-8,10H2,(H,22,23). The summed E-state index contributed by atoms with van der Waals surface area (Å²) in [4.78, 5) is 25.3. The molecule has 3 atom stereocenters. The summed E-state index contributed by atoms with van der Waals surface area (Å²) in [6.45, 7) is 0.623. The van der Waals surface area contributed by atoms with Gasteiger partial charge in [0, 0.05) is 24.9 Å². The summed E-state index contributed by atoms with van der Waals surface area (Å²) >= 11 is 0. The van der Waals surface area contributed by atoms with Crippen molar-refractivity contribution in [2.24, 2.45) is 5.92 Å². The Morgan fingerprint density at radius 1 is 1.25 bits per heavy atom. The first-order valence-corrected chi connectivity index (χ1v) is 8.44. The highest BCUT2D eigenvalue weighted by atomic mass is 19.1. The highest BCUT2D eigenvalue weighted by molar-refractivity contribution is 5.83. The highest BCUT2D eigenvalue weighted by Crippen LogP contribution is 2.50. The van der Waals surface area contributed by atoms with Gasteiger partial charge in [0.1, 0.15) is 11.6 Å². The number of hydrogen-bond acceptors (Lipinski definition) is 2. The Hall–Kier alpha value is -1.98. The van der Waals surface area contributed by atoms with E-state index >= 15 is 0 Å². The van der Waals surface area contributed by atoms with Gasteiger partial charge >= 0.3 is 5.97 Å². The SMILES string of the molecule is O=C(O)CCC1CCCCN1C(=O)C1CC1c1cc(F)ccc1F. The van der Waals surface area contributed by atoms with Crippen LogP contribution in [-0.4, -0.2) is 34.5 Å². The molecule has 3 unspecified atom stereocenters. The molecular formula is C18H21F2NO3. The van der Waals surface area contributed by atoms with Crippen LogP contribution in [0.3, 0.4) is 0 Å². The van der Waals surface area contributed by atoms with Gasteiger partial charge in [-0.1, -0.05) is 0 Å². The second kappa shape index (κ2) is 6.87. The van der Waals surface area contributed by atoms with Gasteiger partial charge in [0.2, 0.25) is 5.91 Å². The maximum absolute atomic E-state index is 13.9. The van der Waals surface area contributed by atoms with E-state index in [1.165, 1.54) is 6.07 Å². The number of amides is 1. The van der Waals surface area contributed by atoms with Gasteiger partial charge in [-0.05, 0) is 61.8 Å². The second-order valence-electron chi connectivity index (χ2n) is 6.73. The lowest BCUT2D eigenvalue weighted by molar-refractivity contribution is -0.140. The number of likely N-dealkylation sites (tertiary alicyclic amines) is 1. The van der Waals surface area contributed by atoms with Crippen LogP contribution in [0.1, 0.15) is 50.0 Å². The molecule has 1 saturated carbocycles. The molecule has 0 bridgehead atoms. The molecule has 130 valence electrons. The summed E-state index contributed by atoms with van der Waals surface area (Å²) < 4.78 is 27.2. The molecule has 1 aromatic carbocycles. The van der Waals surface area contributed by atoms with Crippen molar-refractivity contribution in [2.75, 3.05) is 6.54 Å². The van der Waals surface area contributed by atoms with Crippen molar-refractivity contribution in [3.05, 3.63) is 35.4 Å². The molecule has 1 aliphatic heterocycles. The average Bonchev–Trinajstić information content (AvgIpc) is 3.35. The third-order valence-electron chi connectivity index (χ3n) is 5.07. The van der Waals surface area contributed by atoms with Gasteiger partial charge in [-0.25, -0.2) is 8.78 Å². The van der Waals surface area contributed by atoms with Crippen LogP contribution in [0, 0.1) is 17.6 Å². The van der Waals surface area contributed by atoms with Gasteiger partial charge in [0.15, 0.2) is 0 Å². The van der Waals surface area contributed by atoms with Crippen LogP contribution in [0.4, 0.5) is 8.78 Å². The predicted molar refractivity (Wildman–Crippen MR) is 83.4 cm³/mol. The van der Waals surface area contributed by atoms with E-state index in [2.05, 4.69) is 0 Å². The molecule has 0 spiro atoms. The Bertz CT molecular complexity index is 649. The summed E-state index contributed by atoms with van der Waals surface area (Å²) in [6, 6.07) is 3.29. The number of benzene rings is 1. The topological polar surface area (TPSA) is 57.6 Å². The summed E-state index contributed by atoms with van der Waals surface area (Å²) in [7, 11) is 0. The molecule has 1 amide bonds. The number of carboxylic acids is 1. The summed E-state index contributed by atoms with van der Waals surface area (Å²) in [5, 5.41) is 8.86. The lowest BCUT2D eigenvalue weighted by atomic mass is 9.97. The zero-order chi connectivity index (χ0) is 17.3. The maximum atomic E-state index is 13.9. The summed E-state index contributed by atoms with van der Waals surface area (Å²) in [5.74, 6) is -2.46. The lowest BCUT2D eigenvalue weighted by Gasteiger charge is -2.36. The van der Waals surface area contributed by atoms with Crippen LogP contribution < -0.4 is 0 Å². The number of carboxylic acid groups (broad SMARTS) is 1. The van der Waals surface area contributed by atoms with Gasteiger partial charge in [0.25, 0.3) is 0 Å². The van der Waals surface area contributed by atoms with E-state index in [0.29, 0.717) is 19.4 Å². The zero-order valence-electron chi connectivity index (χ0n) is 13.4. The molecule has 1 heterocycles. The fraction of sp³-hybridized carbons (Fsp3) is 0.556. The number of hydrogen-bond donors (Lipinski definition) is 1. The molecular weight excluding hydrogens is 316 g/mol. The molecule has 3 rings (SSSR count). The number of carbonyl (C=O) groups is 2. The predicted octanol–water partition coefficient (Wildman–Crippen LogP) is 3.31. The van der Waals surface area contributed by atoms with Crippen LogP contribution in [-0.2, 0) is 9.59 Å². The fourth-order valence-electron chi connectivity index (χ4n) is 3.70. The van der Waals surface area contributed by atoms with E-state index in [4.69, 9.17) is 5.11 Å². The average molecular weight is 337 g/mol. The quantitative estimate of drug-likeness (QED) is 0.897. The summed E-state index contributed by atoms with van der Waals surface area (Å²) in [6.07, 6.45) is 3.72. The van der Waals surface area contributed by atoms with Crippen LogP contribution in [0.15, 0.2) is 18.2 Å². The first-order valence-electron chi connectivity index (χ1n) is 8.44. The van der Waals surface area contributed by atoms with Gasteiger partial charge in [-0.3, -0.25) is 9.59 Å². The van der Waals surface area contributed by atoms with Crippen molar-refractivity contribution in [1.82, 2.24) is 4.90 Å². The monoisotopic (exact) mass is 337 g/mol. The Kier molecular flexibility index (Phi) is 4.83. The van der Waals surface area contributed by atoms with Crippen LogP contribution in [0.2, 0.25) is 0 Å². The molecule has 0 aromatic heterocycles. The fourth-order valence-corrected chi connectivity index (χ4v) is 3.70.